The second-order valence-electron chi connectivity index (χ2n) is 7.77. The Morgan fingerprint density at radius 3 is 1.32 bits per heavy atom. The Balaban J connectivity index is 2.33. The molecule has 2 N–H and O–H groups in total. The van der Waals surface area contributed by atoms with Crippen LogP contribution in [0.15, 0.2) is 48.5 Å². The standard InChI is InChI=1S/C25H28O3/c1-15-11-20(12-16(2)23(15)26)25(5,19-7-9-22(28-6)10-8-19)21-13-17(3)24(27)18(4)14-21/h7-14,26-27H,1-6H3. The number of phenolic OH excluding ortho intramolecular Hbond substituents is 2. The molecule has 0 saturated carbocycles. The van der Waals surface area contributed by atoms with Gasteiger partial charge in [0.15, 0.2) is 0 Å². The van der Waals surface area contributed by atoms with Crippen molar-refractivity contribution in [3.63, 3.8) is 0 Å². The van der Waals surface area contributed by atoms with Gasteiger partial charge < -0.3 is 14.9 Å². The summed E-state index contributed by atoms with van der Waals surface area (Å²) in [4.78, 5) is 0. The van der Waals surface area contributed by atoms with Crippen LogP contribution in [0.3, 0.4) is 0 Å². The fourth-order valence-corrected chi connectivity index (χ4v) is 3.91. The van der Waals surface area contributed by atoms with E-state index in [0.717, 1.165) is 44.7 Å². The number of hydrogen-bond acceptors (Lipinski definition) is 3. The number of hydrogen-bond donors (Lipinski definition) is 2. The molecule has 0 fully saturated rings. The maximum absolute atomic E-state index is 10.3. The zero-order valence-corrected chi connectivity index (χ0v) is 17.4. The monoisotopic (exact) mass is 376 g/mol. The predicted octanol–water partition coefficient (Wildman–Crippen LogP) is 5.69. The first-order valence-electron chi connectivity index (χ1n) is 9.44. The second kappa shape index (κ2) is 7.23. The number of methoxy groups -OCH3 is 1. The number of benzene rings is 3. The average molecular weight is 376 g/mol. The summed E-state index contributed by atoms with van der Waals surface area (Å²) < 4.78 is 5.34. The molecule has 3 aromatic rings. The Hall–Kier alpha value is -2.94. The van der Waals surface area contributed by atoms with E-state index in [9.17, 15) is 10.2 Å². The number of aromatic hydroxyl groups is 2. The van der Waals surface area contributed by atoms with Crippen LogP contribution in [0.4, 0.5) is 0 Å². The molecular formula is C25H28O3. The maximum Gasteiger partial charge on any atom is 0.121 e. The van der Waals surface area contributed by atoms with Crippen molar-refractivity contribution in [1.29, 1.82) is 0 Å². The summed E-state index contributed by atoms with van der Waals surface area (Å²) in [7, 11) is 1.66. The number of aryl methyl sites for hydroxylation is 4. The smallest absolute Gasteiger partial charge is 0.121 e. The molecule has 0 saturated heterocycles. The lowest BCUT2D eigenvalue weighted by molar-refractivity contribution is 0.414. The Kier molecular flexibility index (Phi) is 5.12. The maximum atomic E-state index is 10.3. The van der Waals surface area contributed by atoms with Crippen LogP contribution in [0.2, 0.25) is 0 Å². The number of ether oxygens (including phenoxy) is 1. The molecule has 0 aliphatic heterocycles. The van der Waals surface area contributed by atoms with E-state index in [1.54, 1.807) is 7.11 Å². The molecule has 0 aliphatic carbocycles. The van der Waals surface area contributed by atoms with E-state index in [0.29, 0.717) is 11.5 Å². The zero-order valence-electron chi connectivity index (χ0n) is 17.4. The minimum atomic E-state index is -0.460. The molecule has 3 nitrogen and oxygen atoms in total. The van der Waals surface area contributed by atoms with E-state index in [4.69, 9.17) is 4.74 Å². The summed E-state index contributed by atoms with van der Waals surface area (Å²) in [6.45, 7) is 9.88. The highest BCUT2D eigenvalue weighted by Crippen LogP contribution is 2.43. The molecule has 0 unspecified atom stereocenters. The minimum Gasteiger partial charge on any atom is -0.507 e. The Morgan fingerprint density at radius 2 is 1.00 bits per heavy atom. The van der Waals surface area contributed by atoms with Gasteiger partial charge in [-0.15, -0.1) is 0 Å². The molecule has 0 heterocycles. The average Bonchev–Trinajstić information content (AvgIpc) is 2.68. The van der Waals surface area contributed by atoms with Gasteiger partial charge in [0.05, 0.1) is 7.11 Å². The fourth-order valence-electron chi connectivity index (χ4n) is 3.91. The third kappa shape index (κ3) is 3.22. The van der Waals surface area contributed by atoms with Crippen molar-refractivity contribution in [2.24, 2.45) is 0 Å². The lowest BCUT2D eigenvalue weighted by Crippen LogP contribution is -2.26. The van der Waals surface area contributed by atoms with Gasteiger partial charge in [-0.2, -0.15) is 0 Å². The van der Waals surface area contributed by atoms with Gasteiger partial charge >= 0.3 is 0 Å². The van der Waals surface area contributed by atoms with Crippen molar-refractivity contribution in [2.75, 3.05) is 7.11 Å². The van der Waals surface area contributed by atoms with Crippen molar-refractivity contribution in [3.05, 3.63) is 87.5 Å². The first kappa shape index (κ1) is 19.8. The molecule has 0 radical (unpaired) electrons. The highest BCUT2D eigenvalue weighted by molar-refractivity contribution is 5.57. The molecule has 3 heteroatoms. The summed E-state index contributed by atoms with van der Waals surface area (Å²) in [5.74, 6) is 1.47. The largest absolute Gasteiger partial charge is 0.507 e. The van der Waals surface area contributed by atoms with Crippen molar-refractivity contribution in [2.45, 2.75) is 40.0 Å². The molecule has 28 heavy (non-hydrogen) atoms. The van der Waals surface area contributed by atoms with Crippen LogP contribution >= 0.6 is 0 Å². The van der Waals surface area contributed by atoms with Gasteiger partial charge in [-0.1, -0.05) is 36.4 Å². The fraction of sp³-hybridized carbons (Fsp3) is 0.280. The van der Waals surface area contributed by atoms with Crippen LogP contribution in [0.25, 0.3) is 0 Å². The van der Waals surface area contributed by atoms with Crippen LogP contribution in [-0.4, -0.2) is 17.3 Å². The Bertz CT molecular complexity index is 913. The Morgan fingerprint density at radius 1 is 0.643 bits per heavy atom. The molecule has 0 bridgehead atoms. The van der Waals surface area contributed by atoms with Gasteiger partial charge in [0, 0.05) is 5.41 Å². The van der Waals surface area contributed by atoms with Crippen molar-refractivity contribution in [3.8, 4) is 17.2 Å². The molecule has 0 spiro atoms. The zero-order chi connectivity index (χ0) is 20.6. The van der Waals surface area contributed by atoms with E-state index in [-0.39, 0.29) is 0 Å². The van der Waals surface area contributed by atoms with Crippen LogP contribution in [0, 0.1) is 27.7 Å². The molecule has 0 amide bonds. The molecule has 3 rings (SSSR count). The van der Waals surface area contributed by atoms with Gasteiger partial charge in [-0.25, -0.2) is 0 Å². The summed E-state index contributed by atoms with van der Waals surface area (Å²) in [5.41, 5.74) is 6.23. The summed E-state index contributed by atoms with van der Waals surface area (Å²) in [5, 5.41) is 20.6. The topological polar surface area (TPSA) is 49.7 Å². The van der Waals surface area contributed by atoms with Gasteiger partial charge in [-0.3, -0.25) is 0 Å². The van der Waals surface area contributed by atoms with E-state index in [1.807, 2.05) is 64.1 Å². The van der Waals surface area contributed by atoms with Gasteiger partial charge in [-0.05, 0) is 85.7 Å². The summed E-state index contributed by atoms with van der Waals surface area (Å²) in [6.07, 6.45) is 0. The normalized spacial score (nSPS) is 11.5. The van der Waals surface area contributed by atoms with Crippen LogP contribution in [0.5, 0.6) is 17.2 Å². The molecular weight excluding hydrogens is 348 g/mol. The summed E-state index contributed by atoms with van der Waals surface area (Å²) >= 11 is 0. The SMILES string of the molecule is COc1ccc(C(C)(c2cc(C)c(O)c(C)c2)c2cc(C)c(O)c(C)c2)cc1. The van der Waals surface area contributed by atoms with Crippen LogP contribution in [-0.2, 0) is 5.41 Å². The summed E-state index contributed by atoms with van der Waals surface area (Å²) in [6, 6.07) is 16.3. The van der Waals surface area contributed by atoms with E-state index in [1.165, 1.54) is 0 Å². The first-order chi connectivity index (χ1) is 13.2. The van der Waals surface area contributed by atoms with Crippen molar-refractivity contribution < 1.29 is 14.9 Å². The molecule has 146 valence electrons. The van der Waals surface area contributed by atoms with E-state index < -0.39 is 5.41 Å². The third-order valence-electron chi connectivity index (χ3n) is 5.80. The van der Waals surface area contributed by atoms with E-state index >= 15 is 0 Å². The number of rotatable bonds is 4. The molecule has 0 atom stereocenters. The lowest BCUT2D eigenvalue weighted by atomic mass is 9.69. The second-order valence-corrected chi connectivity index (χ2v) is 7.77. The molecule has 0 aliphatic rings. The predicted molar refractivity (Wildman–Crippen MR) is 114 cm³/mol. The van der Waals surface area contributed by atoms with Crippen molar-refractivity contribution in [1.82, 2.24) is 0 Å². The lowest BCUT2D eigenvalue weighted by Gasteiger charge is -2.33. The van der Waals surface area contributed by atoms with Crippen molar-refractivity contribution >= 4 is 0 Å². The van der Waals surface area contributed by atoms with Crippen LogP contribution < -0.4 is 4.74 Å². The quantitative estimate of drug-likeness (QED) is 0.575. The minimum absolute atomic E-state index is 0.332. The van der Waals surface area contributed by atoms with Gasteiger partial charge in [0.1, 0.15) is 17.2 Å². The van der Waals surface area contributed by atoms with Gasteiger partial charge in [0.25, 0.3) is 0 Å². The highest BCUT2D eigenvalue weighted by atomic mass is 16.5. The third-order valence-corrected chi connectivity index (χ3v) is 5.80. The van der Waals surface area contributed by atoms with Gasteiger partial charge in [0.2, 0.25) is 0 Å². The molecule has 3 aromatic carbocycles. The van der Waals surface area contributed by atoms with E-state index in [2.05, 4.69) is 19.1 Å². The Labute approximate surface area is 167 Å². The molecule has 0 aromatic heterocycles. The highest BCUT2D eigenvalue weighted by Gasteiger charge is 2.33. The first-order valence-corrected chi connectivity index (χ1v) is 9.44. The van der Waals surface area contributed by atoms with Crippen LogP contribution in [0.1, 0.15) is 45.9 Å². The number of phenols is 2.